The maximum atomic E-state index is 11.4. The van der Waals surface area contributed by atoms with E-state index in [0.29, 0.717) is 5.56 Å². The first-order valence-corrected chi connectivity index (χ1v) is 9.46. The van der Waals surface area contributed by atoms with Crippen LogP contribution in [0.4, 0.5) is 0 Å². The van der Waals surface area contributed by atoms with Crippen LogP contribution in [0.5, 0.6) is 11.5 Å². The Labute approximate surface area is 129 Å². The number of sulfone groups is 1. The minimum atomic E-state index is -4.43. The summed E-state index contributed by atoms with van der Waals surface area (Å²) in [6, 6.07) is 9.86. The third-order valence-electron chi connectivity index (χ3n) is 2.86. The molecule has 0 aliphatic rings. The average Bonchev–Trinajstić information content (AvgIpc) is 2.39. The summed E-state index contributed by atoms with van der Waals surface area (Å²) in [6.07, 6.45) is 1.08. The largest absolute Gasteiger partial charge is 0.456 e. The predicted molar refractivity (Wildman–Crippen MR) is 80.6 cm³/mol. The van der Waals surface area contributed by atoms with E-state index in [1.165, 1.54) is 36.4 Å². The first kappa shape index (κ1) is 16.5. The van der Waals surface area contributed by atoms with E-state index in [1.807, 2.05) is 0 Å². The highest BCUT2D eigenvalue weighted by Crippen LogP contribution is 2.30. The minimum absolute atomic E-state index is 0.0415. The molecule has 6 nitrogen and oxygen atoms in total. The summed E-state index contributed by atoms with van der Waals surface area (Å²) in [5.74, 6) is 0.210. The molecule has 8 heteroatoms. The van der Waals surface area contributed by atoms with Crippen molar-refractivity contribution in [2.45, 2.75) is 16.7 Å². The highest BCUT2D eigenvalue weighted by atomic mass is 32.2. The molecule has 0 aliphatic heterocycles. The van der Waals surface area contributed by atoms with Gasteiger partial charge >= 0.3 is 0 Å². The van der Waals surface area contributed by atoms with E-state index in [-0.39, 0.29) is 21.3 Å². The van der Waals surface area contributed by atoms with Crippen molar-refractivity contribution in [3.05, 3.63) is 48.0 Å². The maximum absolute atomic E-state index is 11.4. The van der Waals surface area contributed by atoms with Gasteiger partial charge in [0.2, 0.25) is 0 Å². The van der Waals surface area contributed by atoms with E-state index in [0.717, 1.165) is 6.26 Å². The zero-order valence-electron chi connectivity index (χ0n) is 11.8. The lowest BCUT2D eigenvalue weighted by atomic mass is 10.2. The Kier molecular flexibility index (Phi) is 4.28. The SMILES string of the molecule is Cc1ccc(Oc2ccc(S(C)(=O)=O)cc2)c(S(=O)(=O)O)c1. The van der Waals surface area contributed by atoms with Gasteiger partial charge in [0.1, 0.15) is 16.4 Å². The molecule has 118 valence electrons. The van der Waals surface area contributed by atoms with Crippen molar-refractivity contribution in [2.75, 3.05) is 6.26 Å². The standard InChI is InChI=1S/C14H14O6S2/c1-10-3-8-13(14(9-10)22(17,18)19)20-11-4-6-12(7-5-11)21(2,15)16/h3-9H,1-2H3,(H,17,18,19). The van der Waals surface area contributed by atoms with Crippen LogP contribution in [0.2, 0.25) is 0 Å². The average molecular weight is 342 g/mol. The van der Waals surface area contributed by atoms with E-state index >= 15 is 0 Å². The van der Waals surface area contributed by atoms with E-state index in [2.05, 4.69) is 0 Å². The van der Waals surface area contributed by atoms with Crippen LogP contribution in [-0.2, 0) is 20.0 Å². The van der Waals surface area contributed by atoms with Crippen LogP contribution in [0.3, 0.4) is 0 Å². The van der Waals surface area contributed by atoms with Crippen molar-refractivity contribution in [1.82, 2.24) is 0 Å². The molecule has 0 spiro atoms. The molecule has 2 rings (SSSR count). The zero-order chi connectivity index (χ0) is 16.5. The number of rotatable bonds is 4. The summed E-state index contributed by atoms with van der Waals surface area (Å²) in [4.78, 5) is -0.224. The molecule has 0 bridgehead atoms. The number of ether oxygens (including phenoxy) is 1. The third kappa shape index (κ3) is 3.85. The number of aryl methyl sites for hydroxylation is 1. The van der Waals surface area contributed by atoms with Crippen LogP contribution >= 0.6 is 0 Å². The highest BCUT2D eigenvalue weighted by Gasteiger charge is 2.17. The van der Waals surface area contributed by atoms with Gasteiger partial charge in [0, 0.05) is 6.26 Å². The Hall–Kier alpha value is -1.90. The third-order valence-corrected chi connectivity index (χ3v) is 4.86. The van der Waals surface area contributed by atoms with E-state index in [9.17, 15) is 21.4 Å². The summed E-state index contributed by atoms with van der Waals surface area (Å²) in [6.45, 7) is 1.68. The van der Waals surface area contributed by atoms with Gasteiger partial charge in [-0.3, -0.25) is 4.55 Å². The summed E-state index contributed by atoms with van der Waals surface area (Å²) >= 11 is 0. The van der Waals surface area contributed by atoms with Crippen molar-refractivity contribution in [3.8, 4) is 11.5 Å². The quantitative estimate of drug-likeness (QED) is 0.857. The minimum Gasteiger partial charge on any atom is -0.456 e. The summed E-state index contributed by atoms with van der Waals surface area (Å²) in [7, 11) is -7.75. The Morgan fingerprint density at radius 2 is 1.55 bits per heavy atom. The van der Waals surface area contributed by atoms with Gasteiger partial charge < -0.3 is 4.74 Å². The fourth-order valence-electron chi connectivity index (χ4n) is 1.78. The molecule has 2 aromatic rings. The number of hydrogen-bond acceptors (Lipinski definition) is 5. The van der Waals surface area contributed by atoms with Crippen molar-refractivity contribution in [1.29, 1.82) is 0 Å². The molecule has 0 aliphatic carbocycles. The van der Waals surface area contributed by atoms with Gasteiger partial charge in [-0.1, -0.05) is 6.07 Å². The molecule has 0 unspecified atom stereocenters. The molecule has 0 radical (unpaired) electrons. The first-order chi connectivity index (χ1) is 10.1. The fraction of sp³-hybridized carbons (Fsp3) is 0.143. The second-order valence-electron chi connectivity index (χ2n) is 4.77. The van der Waals surface area contributed by atoms with Crippen molar-refractivity contribution < 1.29 is 26.1 Å². The van der Waals surface area contributed by atoms with Crippen molar-refractivity contribution >= 4 is 20.0 Å². The van der Waals surface area contributed by atoms with Gasteiger partial charge in [-0.15, -0.1) is 0 Å². The smallest absolute Gasteiger partial charge is 0.298 e. The van der Waals surface area contributed by atoms with Crippen LogP contribution in [0.25, 0.3) is 0 Å². The van der Waals surface area contributed by atoms with Crippen LogP contribution in [0.15, 0.2) is 52.3 Å². The van der Waals surface area contributed by atoms with Gasteiger partial charge in [0.25, 0.3) is 10.1 Å². The van der Waals surface area contributed by atoms with Crippen LogP contribution in [0, 0.1) is 6.92 Å². The lowest BCUT2D eigenvalue weighted by Gasteiger charge is -2.10. The van der Waals surface area contributed by atoms with E-state index < -0.39 is 20.0 Å². The van der Waals surface area contributed by atoms with E-state index in [1.54, 1.807) is 13.0 Å². The molecule has 0 fully saturated rings. The van der Waals surface area contributed by atoms with Crippen molar-refractivity contribution in [3.63, 3.8) is 0 Å². The number of hydrogen-bond donors (Lipinski definition) is 1. The van der Waals surface area contributed by atoms with Gasteiger partial charge in [0.15, 0.2) is 9.84 Å². The normalized spacial score (nSPS) is 12.1. The van der Waals surface area contributed by atoms with Crippen molar-refractivity contribution in [2.24, 2.45) is 0 Å². The maximum Gasteiger partial charge on any atom is 0.298 e. The molecular weight excluding hydrogens is 328 g/mol. The number of benzene rings is 2. The lowest BCUT2D eigenvalue weighted by Crippen LogP contribution is -2.02. The lowest BCUT2D eigenvalue weighted by molar-refractivity contribution is 0.449. The molecular formula is C14H14O6S2. The second kappa shape index (κ2) is 5.71. The summed E-state index contributed by atoms with van der Waals surface area (Å²) < 4.78 is 60.2. The topological polar surface area (TPSA) is 97.7 Å². The first-order valence-electron chi connectivity index (χ1n) is 6.13. The molecule has 2 aromatic carbocycles. The Morgan fingerprint density at radius 1 is 0.955 bits per heavy atom. The van der Waals surface area contributed by atoms with Gasteiger partial charge in [-0.25, -0.2) is 8.42 Å². The predicted octanol–water partition coefficient (Wildman–Crippen LogP) is 2.44. The second-order valence-corrected chi connectivity index (χ2v) is 8.18. The Bertz CT molecular complexity index is 897. The molecule has 0 saturated carbocycles. The molecule has 0 heterocycles. The van der Waals surface area contributed by atoms with Crippen LogP contribution in [0.1, 0.15) is 5.56 Å². The fourth-order valence-corrected chi connectivity index (χ4v) is 3.11. The van der Waals surface area contributed by atoms with Crippen LogP contribution < -0.4 is 4.74 Å². The summed E-state index contributed by atoms with van der Waals surface area (Å²) in [5.41, 5.74) is 0.646. The van der Waals surface area contributed by atoms with Gasteiger partial charge in [-0.2, -0.15) is 8.42 Å². The monoisotopic (exact) mass is 342 g/mol. The Morgan fingerprint density at radius 3 is 2.05 bits per heavy atom. The van der Waals surface area contributed by atoms with Gasteiger partial charge in [0.05, 0.1) is 4.90 Å². The Balaban J connectivity index is 2.40. The molecule has 0 saturated heterocycles. The molecule has 0 atom stereocenters. The molecule has 0 aromatic heterocycles. The summed E-state index contributed by atoms with van der Waals surface area (Å²) in [5, 5.41) is 0. The molecule has 22 heavy (non-hydrogen) atoms. The highest BCUT2D eigenvalue weighted by molar-refractivity contribution is 7.90. The van der Waals surface area contributed by atoms with E-state index in [4.69, 9.17) is 4.74 Å². The molecule has 1 N–H and O–H groups in total. The zero-order valence-corrected chi connectivity index (χ0v) is 13.5. The van der Waals surface area contributed by atoms with Crippen LogP contribution in [-0.4, -0.2) is 27.6 Å². The van der Waals surface area contributed by atoms with Gasteiger partial charge in [-0.05, 0) is 48.9 Å². The molecule has 0 amide bonds.